The quantitative estimate of drug-likeness (QED) is 0.784. The minimum absolute atomic E-state index is 0.383. The fourth-order valence-electron chi connectivity index (χ4n) is 2.42. The molecular formula is C15H21NO. The van der Waals surface area contributed by atoms with E-state index in [1.54, 1.807) is 7.11 Å². The average molecular weight is 231 g/mol. The van der Waals surface area contributed by atoms with Gasteiger partial charge in [0.05, 0.1) is 13.2 Å². The zero-order chi connectivity index (χ0) is 12.1. The lowest BCUT2D eigenvalue weighted by Crippen LogP contribution is -2.22. The van der Waals surface area contributed by atoms with Gasteiger partial charge in [-0.05, 0) is 43.5 Å². The highest BCUT2D eigenvalue weighted by Crippen LogP contribution is 2.31. The summed E-state index contributed by atoms with van der Waals surface area (Å²) < 4.78 is 5.20. The van der Waals surface area contributed by atoms with Crippen LogP contribution in [0.4, 0.5) is 0 Å². The standard InChI is InChI=1S/C15H21NO/c1-3-16-15(12-6-4-5-7-12)13-8-10-14(17-2)11-9-13/h6,8-11,15-16H,3-5,7H2,1-2H3. The van der Waals surface area contributed by atoms with Gasteiger partial charge in [0.15, 0.2) is 0 Å². The second kappa shape index (κ2) is 5.87. The fraction of sp³-hybridized carbons (Fsp3) is 0.467. The van der Waals surface area contributed by atoms with Crippen molar-refractivity contribution in [3.63, 3.8) is 0 Å². The van der Waals surface area contributed by atoms with Gasteiger partial charge >= 0.3 is 0 Å². The van der Waals surface area contributed by atoms with Crippen molar-refractivity contribution in [1.82, 2.24) is 5.32 Å². The molecule has 2 nitrogen and oxygen atoms in total. The summed E-state index contributed by atoms with van der Waals surface area (Å²) in [6, 6.07) is 8.77. The van der Waals surface area contributed by atoms with Crippen LogP contribution in [0.25, 0.3) is 0 Å². The first kappa shape index (κ1) is 12.2. The molecule has 2 heteroatoms. The number of methoxy groups -OCH3 is 1. The van der Waals surface area contributed by atoms with E-state index in [1.165, 1.54) is 30.4 Å². The van der Waals surface area contributed by atoms with Gasteiger partial charge in [0.1, 0.15) is 5.75 Å². The highest BCUT2D eigenvalue weighted by molar-refractivity contribution is 5.34. The molecular weight excluding hydrogens is 210 g/mol. The maximum atomic E-state index is 5.20. The average Bonchev–Trinajstić information content (AvgIpc) is 2.90. The summed E-state index contributed by atoms with van der Waals surface area (Å²) in [6.07, 6.45) is 6.14. The van der Waals surface area contributed by atoms with Crippen LogP contribution >= 0.6 is 0 Å². The summed E-state index contributed by atoms with van der Waals surface area (Å²) in [5.74, 6) is 0.921. The third-order valence-corrected chi connectivity index (χ3v) is 3.30. The van der Waals surface area contributed by atoms with E-state index in [4.69, 9.17) is 4.74 Å². The van der Waals surface area contributed by atoms with Crippen LogP contribution in [-0.4, -0.2) is 13.7 Å². The Morgan fingerprint density at radius 1 is 1.29 bits per heavy atom. The lowest BCUT2D eigenvalue weighted by molar-refractivity contribution is 0.414. The molecule has 0 aliphatic heterocycles. The van der Waals surface area contributed by atoms with E-state index in [-0.39, 0.29) is 0 Å². The van der Waals surface area contributed by atoms with Gasteiger partial charge in [-0.1, -0.05) is 30.7 Å². The highest BCUT2D eigenvalue weighted by Gasteiger charge is 2.17. The van der Waals surface area contributed by atoms with Gasteiger partial charge in [0.2, 0.25) is 0 Å². The Hall–Kier alpha value is -1.28. The van der Waals surface area contributed by atoms with Crippen molar-refractivity contribution < 1.29 is 4.74 Å². The number of hydrogen-bond acceptors (Lipinski definition) is 2. The zero-order valence-corrected chi connectivity index (χ0v) is 10.7. The van der Waals surface area contributed by atoms with E-state index in [9.17, 15) is 0 Å². The Kier molecular flexibility index (Phi) is 4.21. The number of allylic oxidation sites excluding steroid dienone is 1. The first-order valence-electron chi connectivity index (χ1n) is 6.41. The Morgan fingerprint density at radius 3 is 2.59 bits per heavy atom. The van der Waals surface area contributed by atoms with Crippen LogP contribution in [0.1, 0.15) is 37.8 Å². The molecule has 0 fully saturated rings. The second-order valence-corrected chi connectivity index (χ2v) is 4.44. The van der Waals surface area contributed by atoms with Crippen molar-refractivity contribution in [2.75, 3.05) is 13.7 Å². The van der Waals surface area contributed by atoms with E-state index in [2.05, 4.69) is 30.4 Å². The molecule has 1 aliphatic carbocycles. The number of likely N-dealkylation sites (N-methyl/N-ethyl adjacent to an activating group) is 1. The first-order chi connectivity index (χ1) is 8.35. The minimum Gasteiger partial charge on any atom is -0.497 e. The number of nitrogens with one attached hydrogen (secondary N) is 1. The zero-order valence-electron chi connectivity index (χ0n) is 10.7. The van der Waals surface area contributed by atoms with E-state index < -0.39 is 0 Å². The van der Waals surface area contributed by atoms with Crippen molar-refractivity contribution in [3.8, 4) is 5.75 Å². The predicted molar refractivity (Wildman–Crippen MR) is 71.3 cm³/mol. The second-order valence-electron chi connectivity index (χ2n) is 4.44. The molecule has 1 aromatic carbocycles. The molecule has 0 saturated carbocycles. The van der Waals surface area contributed by atoms with Gasteiger partial charge in [0, 0.05) is 0 Å². The molecule has 0 aromatic heterocycles. The summed E-state index contributed by atoms with van der Waals surface area (Å²) in [4.78, 5) is 0. The van der Waals surface area contributed by atoms with Crippen LogP contribution in [0, 0.1) is 0 Å². The van der Waals surface area contributed by atoms with Crippen LogP contribution in [0.15, 0.2) is 35.9 Å². The van der Waals surface area contributed by atoms with Crippen molar-refractivity contribution >= 4 is 0 Å². The third-order valence-electron chi connectivity index (χ3n) is 3.30. The number of hydrogen-bond donors (Lipinski definition) is 1. The van der Waals surface area contributed by atoms with Gasteiger partial charge in [-0.15, -0.1) is 0 Å². The molecule has 1 aromatic rings. The molecule has 92 valence electrons. The summed E-state index contributed by atoms with van der Waals surface area (Å²) in [5, 5.41) is 3.57. The first-order valence-corrected chi connectivity index (χ1v) is 6.41. The third kappa shape index (κ3) is 2.89. The molecule has 0 saturated heterocycles. The number of ether oxygens (including phenoxy) is 1. The minimum atomic E-state index is 0.383. The molecule has 0 bridgehead atoms. The van der Waals surface area contributed by atoms with Crippen LogP contribution in [0.2, 0.25) is 0 Å². The SMILES string of the molecule is CCNC(C1=CCCC1)c1ccc(OC)cc1. The van der Waals surface area contributed by atoms with Crippen LogP contribution in [-0.2, 0) is 0 Å². The van der Waals surface area contributed by atoms with E-state index in [0.717, 1.165) is 12.3 Å². The number of benzene rings is 1. The molecule has 0 radical (unpaired) electrons. The van der Waals surface area contributed by atoms with Gasteiger partial charge < -0.3 is 10.1 Å². The summed E-state index contributed by atoms with van der Waals surface area (Å²) >= 11 is 0. The van der Waals surface area contributed by atoms with E-state index in [1.807, 2.05) is 12.1 Å². The smallest absolute Gasteiger partial charge is 0.118 e. The maximum absolute atomic E-state index is 5.20. The summed E-state index contributed by atoms with van der Waals surface area (Å²) in [6.45, 7) is 3.15. The fourth-order valence-corrected chi connectivity index (χ4v) is 2.42. The highest BCUT2D eigenvalue weighted by atomic mass is 16.5. The molecule has 1 N–H and O–H groups in total. The van der Waals surface area contributed by atoms with Gasteiger partial charge in [-0.25, -0.2) is 0 Å². The molecule has 1 aliphatic rings. The molecule has 0 amide bonds. The molecule has 1 atom stereocenters. The summed E-state index contributed by atoms with van der Waals surface area (Å²) in [7, 11) is 1.70. The van der Waals surface area contributed by atoms with Crippen molar-refractivity contribution in [1.29, 1.82) is 0 Å². The normalized spacial score (nSPS) is 16.7. The Bertz CT molecular complexity index is 380. The maximum Gasteiger partial charge on any atom is 0.118 e. The van der Waals surface area contributed by atoms with E-state index >= 15 is 0 Å². The largest absolute Gasteiger partial charge is 0.497 e. The topological polar surface area (TPSA) is 21.3 Å². The molecule has 17 heavy (non-hydrogen) atoms. The van der Waals surface area contributed by atoms with Gasteiger partial charge in [-0.2, -0.15) is 0 Å². The van der Waals surface area contributed by atoms with Crippen LogP contribution in [0.5, 0.6) is 5.75 Å². The predicted octanol–water partition coefficient (Wildman–Crippen LogP) is 3.46. The monoisotopic (exact) mass is 231 g/mol. The van der Waals surface area contributed by atoms with Crippen molar-refractivity contribution in [3.05, 3.63) is 41.5 Å². The molecule has 0 spiro atoms. The van der Waals surface area contributed by atoms with Crippen LogP contribution in [0.3, 0.4) is 0 Å². The Balaban J connectivity index is 2.19. The van der Waals surface area contributed by atoms with Gasteiger partial charge in [-0.3, -0.25) is 0 Å². The molecule has 0 heterocycles. The Labute approximate surface area is 104 Å². The van der Waals surface area contributed by atoms with Gasteiger partial charge in [0.25, 0.3) is 0 Å². The lowest BCUT2D eigenvalue weighted by atomic mass is 9.98. The summed E-state index contributed by atoms with van der Waals surface area (Å²) in [5.41, 5.74) is 2.87. The van der Waals surface area contributed by atoms with E-state index in [0.29, 0.717) is 6.04 Å². The van der Waals surface area contributed by atoms with Crippen molar-refractivity contribution in [2.45, 2.75) is 32.2 Å². The van der Waals surface area contributed by atoms with Crippen LogP contribution < -0.4 is 10.1 Å². The number of rotatable bonds is 5. The van der Waals surface area contributed by atoms with Crippen molar-refractivity contribution in [2.24, 2.45) is 0 Å². The molecule has 1 unspecified atom stereocenters. The Morgan fingerprint density at radius 2 is 2.06 bits per heavy atom. The molecule has 2 rings (SSSR count). The lowest BCUT2D eigenvalue weighted by Gasteiger charge is -2.20.